The van der Waals surface area contributed by atoms with Crippen LogP contribution < -0.4 is 0 Å². The number of piperazine rings is 1. The molecule has 2 aromatic rings. The minimum atomic E-state index is 0.128. The number of aryl methyl sites for hydroxylation is 1. The topological polar surface area (TPSA) is 37.7 Å². The lowest BCUT2D eigenvalue weighted by atomic mass is 10.00. The van der Waals surface area contributed by atoms with Gasteiger partial charge in [0.2, 0.25) is 0 Å². The molecule has 2 aliphatic heterocycles. The first kappa shape index (κ1) is 17.5. The molecule has 0 saturated carbocycles. The number of aromatic nitrogens is 1. The molecule has 2 aliphatic rings. The molecule has 0 spiro atoms. The van der Waals surface area contributed by atoms with Crippen molar-refractivity contribution >= 4 is 5.78 Å². The quantitative estimate of drug-likeness (QED) is 0.792. The van der Waals surface area contributed by atoms with Gasteiger partial charge in [0.15, 0.2) is 5.78 Å². The zero-order chi connectivity index (χ0) is 18.1. The van der Waals surface area contributed by atoms with E-state index in [0.717, 1.165) is 45.0 Å². The number of fused-ring (bicyclic) bond motifs is 1. The molecule has 2 fully saturated rings. The molecule has 5 heteroatoms. The summed E-state index contributed by atoms with van der Waals surface area (Å²) in [5.41, 5.74) is 3.34. The molecule has 2 atom stereocenters. The maximum Gasteiger partial charge on any atom is 0.161 e. The van der Waals surface area contributed by atoms with Crippen molar-refractivity contribution in [1.82, 2.24) is 14.4 Å². The van der Waals surface area contributed by atoms with Crippen molar-refractivity contribution < 1.29 is 9.53 Å². The number of benzene rings is 1. The van der Waals surface area contributed by atoms with E-state index in [0.29, 0.717) is 12.1 Å². The summed E-state index contributed by atoms with van der Waals surface area (Å²) >= 11 is 0. The molecule has 4 rings (SSSR count). The summed E-state index contributed by atoms with van der Waals surface area (Å²) in [5.74, 6) is 0.128. The average Bonchev–Trinajstić information content (AvgIpc) is 3.03. The van der Waals surface area contributed by atoms with Crippen molar-refractivity contribution in [3.8, 4) is 0 Å². The molecule has 3 heterocycles. The third-order valence-electron chi connectivity index (χ3n) is 5.68. The fraction of sp³-hybridized carbons (Fsp3) is 0.476. The van der Waals surface area contributed by atoms with Crippen molar-refractivity contribution in [2.75, 3.05) is 32.8 Å². The average molecular weight is 353 g/mol. The van der Waals surface area contributed by atoms with E-state index >= 15 is 0 Å². The van der Waals surface area contributed by atoms with Gasteiger partial charge < -0.3 is 9.30 Å². The van der Waals surface area contributed by atoms with Gasteiger partial charge in [-0.25, -0.2) is 0 Å². The van der Waals surface area contributed by atoms with Crippen LogP contribution in [0, 0.1) is 0 Å². The van der Waals surface area contributed by atoms with Crippen LogP contribution in [-0.2, 0) is 18.3 Å². The number of nitrogens with zero attached hydrogens (tertiary/aromatic N) is 3. The summed E-state index contributed by atoms with van der Waals surface area (Å²) in [6.07, 6.45) is 1.93. The lowest BCUT2D eigenvalue weighted by molar-refractivity contribution is -0.0838. The van der Waals surface area contributed by atoms with Crippen LogP contribution in [0.5, 0.6) is 0 Å². The van der Waals surface area contributed by atoms with E-state index in [1.165, 1.54) is 11.3 Å². The zero-order valence-corrected chi connectivity index (χ0v) is 15.6. The van der Waals surface area contributed by atoms with Gasteiger partial charge in [-0.1, -0.05) is 30.3 Å². The largest absolute Gasteiger partial charge is 0.378 e. The van der Waals surface area contributed by atoms with Gasteiger partial charge >= 0.3 is 0 Å². The number of Topliss-reactive ketones (excluding diaryl/α,β-unsaturated/α-hetero) is 1. The molecule has 138 valence electrons. The smallest absolute Gasteiger partial charge is 0.161 e. The van der Waals surface area contributed by atoms with Gasteiger partial charge in [0.05, 0.1) is 19.3 Å². The predicted molar refractivity (Wildman–Crippen MR) is 101 cm³/mol. The standard InChI is InChI=1S/C21H27N3O2/c1-16(25)18-10-19(22(2)11-18)12-23-8-9-24-20(13-23)14-26-15-21(24)17-6-4-3-5-7-17/h3-7,10-11,20-21H,8-9,12-15H2,1-2H3/t20-,21-/m1/s1. The molecular formula is C21H27N3O2. The van der Waals surface area contributed by atoms with Gasteiger partial charge in [0.25, 0.3) is 0 Å². The minimum Gasteiger partial charge on any atom is -0.378 e. The van der Waals surface area contributed by atoms with E-state index < -0.39 is 0 Å². The van der Waals surface area contributed by atoms with Crippen molar-refractivity contribution in [2.45, 2.75) is 25.6 Å². The lowest BCUT2D eigenvalue weighted by Gasteiger charge is -2.48. The van der Waals surface area contributed by atoms with Gasteiger partial charge in [-0.3, -0.25) is 14.6 Å². The Hall–Kier alpha value is -1.95. The fourth-order valence-electron chi connectivity index (χ4n) is 4.20. The third-order valence-corrected chi connectivity index (χ3v) is 5.68. The highest BCUT2D eigenvalue weighted by Gasteiger charge is 2.36. The molecule has 0 radical (unpaired) electrons. The lowest BCUT2D eigenvalue weighted by Crippen LogP contribution is -2.58. The van der Waals surface area contributed by atoms with Crippen LogP contribution in [0.4, 0.5) is 0 Å². The van der Waals surface area contributed by atoms with Crippen molar-refractivity contribution in [3.63, 3.8) is 0 Å². The molecule has 1 aromatic heterocycles. The van der Waals surface area contributed by atoms with Gasteiger partial charge in [-0.2, -0.15) is 0 Å². The Morgan fingerprint density at radius 3 is 2.73 bits per heavy atom. The molecular weight excluding hydrogens is 326 g/mol. The summed E-state index contributed by atoms with van der Waals surface area (Å²) in [4.78, 5) is 16.7. The highest BCUT2D eigenvalue weighted by atomic mass is 16.5. The van der Waals surface area contributed by atoms with Crippen molar-refractivity contribution in [3.05, 3.63) is 59.4 Å². The summed E-state index contributed by atoms with van der Waals surface area (Å²) in [5, 5.41) is 0. The Balaban J connectivity index is 1.44. The molecule has 0 unspecified atom stereocenters. The first-order chi connectivity index (χ1) is 12.6. The molecule has 26 heavy (non-hydrogen) atoms. The molecule has 0 N–H and O–H groups in total. The second-order valence-corrected chi connectivity index (χ2v) is 7.48. The Kier molecular flexibility index (Phi) is 4.94. The maximum absolute atomic E-state index is 11.6. The van der Waals surface area contributed by atoms with Crippen LogP contribution in [0.1, 0.15) is 34.6 Å². The fourth-order valence-corrected chi connectivity index (χ4v) is 4.20. The highest BCUT2D eigenvalue weighted by Crippen LogP contribution is 2.30. The first-order valence-corrected chi connectivity index (χ1v) is 9.39. The molecule has 5 nitrogen and oxygen atoms in total. The molecule has 0 bridgehead atoms. The third kappa shape index (κ3) is 3.47. The molecule has 0 aliphatic carbocycles. The van der Waals surface area contributed by atoms with E-state index in [9.17, 15) is 4.79 Å². The normalized spacial score (nSPS) is 24.4. The maximum atomic E-state index is 11.6. The summed E-state index contributed by atoms with van der Waals surface area (Å²) in [6.45, 7) is 7.18. The Morgan fingerprint density at radius 1 is 1.19 bits per heavy atom. The Labute approximate surface area is 155 Å². The van der Waals surface area contributed by atoms with E-state index in [1.807, 2.05) is 19.3 Å². The van der Waals surface area contributed by atoms with E-state index in [1.54, 1.807) is 6.92 Å². The number of morpholine rings is 1. The number of ether oxygens (including phenoxy) is 1. The first-order valence-electron chi connectivity index (χ1n) is 9.39. The number of hydrogen-bond donors (Lipinski definition) is 0. The van der Waals surface area contributed by atoms with Gasteiger partial charge in [0, 0.05) is 56.7 Å². The van der Waals surface area contributed by atoms with Gasteiger partial charge in [-0.15, -0.1) is 0 Å². The number of carbonyl (C=O) groups excluding carboxylic acids is 1. The number of carbonyl (C=O) groups is 1. The predicted octanol–water partition coefficient (Wildman–Crippen LogP) is 2.49. The summed E-state index contributed by atoms with van der Waals surface area (Å²) in [6, 6.07) is 13.5. The zero-order valence-electron chi connectivity index (χ0n) is 15.6. The number of ketones is 1. The SMILES string of the molecule is CC(=O)c1cc(CN2CCN3[C@@H](COC[C@@H]3c3ccccc3)C2)n(C)c1. The molecule has 1 aromatic carbocycles. The monoisotopic (exact) mass is 353 g/mol. The van der Waals surface area contributed by atoms with Crippen LogP contribution in [-0.4, -0.2) is 59.0 Å². The van der Waals surface area contributed by atoms with Crippen LogP contribution in [0.3, 0.4) is 0 Å². The summed E-state index contributed by atoms with van der Waals surface area (Å²) in [7, 11) is 2.02. The number of rotatable bonds is 4. The minimum absolute atomic E-state index is 0.128. The Bertz CT molecular complexity index is 771. The van der Waals surface area contributed by atoms with Crippen LogP contribution >= 0.6 is 0 Å². The Morgan fingerprint density at radius 2 is 2.00 bits per heavy atom. The number of hydrogen-bond acceptors (Lipinski definition) is 4. The second kappa shape index (κ2) is 7.35. The van der Waals surface area contributed by atoms with E-state index in [-0.39, 0.29) is 5.78 Å². The van der Waals surface area contributed by atoms with Crippen LogP contribution in [0.15, 0.2) is 42.6 Å². The van der Waals surface area contributed by atoms with Gasteiger partial charge in [0.1, 0.15) is 0 Å². The summed E-state index contributed by atoms with van der Waals surface area (Å²) < 4.78 is 8.02. The van der Waals surface area contributed by atoms with Crippen molar-refractivity contribution in [2.24, 2.45) is 7.05 Å². The van der Waals surface area contributed by atoms with E-state index in [4.69, 9.17) is 4.74 Å². The van der Waals surface area contributed by atoms with Crippen molar-refractivity contribution in [1.29, 1.82) is 0 Å². The van der Waals surface area contributed by atoms with Crippen LogP contribution in [0.25, 0.3) is 0 Å². The van der Waals surface area contributed by atoms with E-state index in [2.05, 4.69) is 44.7 Å². The van der Waals surface area contributed by atoms with Gasteiger partial charge in [-0.05, 0) is 18.6 Å². The second-order valence-electron chi connectivity index (χ2n) is 7.48. The highest BCUT2D eigenvalue weighted by molar-refractivity contribution is 5.94. The molecule has 2 saturated heterocycles. The van der Waals surface area contributed by atoms with Crippen LogP contribution in [0.2, 0.25) is 0 Å². The molecule has 0 amide bonds.